The highest BCUT2D eigenvalue weighted by Crippen LogP contribution is 2.36. The molecule has 0 unspecified atom stereocenters. The number of amides is 2. The third-order valence-electron chi connectivity index (χ3n) is 4.20. The monoisotopic (exact) mass is 454 g/mol. The molecular formula is C21H21F3N2O4S. The number of aryl methyl sites for hydroxylation is 2. The van der Waals surface area contributed by atoms with Crippen molar-refractivity contribution in [2.45, 2.75) is 24.3 Å². The number of thioether (sulfide) groups is 1. The van der Waals surface area contributed by atoms with Crippen molar-refractivity contribution in [3.63, 3.8) is 0 Å². The fourth-order valence-electron chi connectivity index (χ4n) is 2.61. The van der Waals surface area contributed by atoms with Gasteiger partial charge in [0, 0.05) is 17.6 Å². The molecule has 0 aliphatic carbocycles. The first-order valence-electron chi connectivity index (χ1n) is 9.09. The number of hydrogen-bond donors (Lipinski definition) is 1. The Kier molecular flexibility index (Phi) is 8.09. The molecule has 0 saturated carbocycles. The van der Waals surface area contributed by atoms with Gasteiger partial charge in [-0.05, 0) is 61.0 Å². The van der Waals surface area contributed by atoms with Crippen molar-refractivity contribution >= 4 is 35.2 Å². The summed E-state index contributed by atoms with van der Waals surface area (Å²) in [4.78, 5) is 37.4. The third-order valence-corrected chi connectivity index (χ3v) is 4.94. The minimum absolute atomic E-state index is 0.00903. The Labute approximate surface area is 181 Å². The molecule has 2 aromatic rings. The second-order valence-electron chi connectivity index (χ2n) is 6.71. The molecule has 31 heavy (non-hydrogen) atoms. The van der Waals surface area contributed by atoms with Crippen LogP contribution in [0.5, 0.6) is 0 Å². The molecule has 6 nitrogen and oxygen atoms in total. The average Bonchev–Trinajstić information content (AvgIpc) is 2.68. The van der Waals surface area contributed by atoms with Crippen molar-refractivity contribution in [3.05, 3.63) is 59.2 Å². The lowest BCUT2D eigenvalue weighted by molar-refractivity contribution is -0.136. The van der Waals surface area contributed by atoms with Gasteiger partial charge in [-0.2, -0.15) is 13.2 Å². The summed E-state index contributed by atoms with van der Waals surface area (Å²) in [5.41, 5.74) is -1.98. The molecule has 0 spiro atoms. The Balaban J connectivity index is 1.84. The summed E-state index contributed by atoms with van der Waals surface area (Å²) in [5, 5.41) is 2.75. The molecule has 2 rings (SSSR count). The van der Waals surface area contributed by atoms with Crippen LogP contribution >= 0.6 is 11.8 Å². The first kappa shape index (κ1) is 24.3. The van der Waals surface area contributed by atoms with Crippen molar-refractivity contribution in [1.29, 1.82) is 0 Å². The molecule has 0 aliphatic rings. The van der Waals surface area contributed by atoms with Gasteiger partial charge < -0.3 is 15.0 Å². The smallest absolute Gasteiger partial charge is 0.446 e. The number of anilines is 1. The van der Waals surface area contributed by atoms with Crippen LogP contribution in [0.15, 0.2) is 47.4 Å². The Hall–Kier alpha value is -3.01. The number of alkyl halides is 3. The maximum Gasteiger partial charge on any atom is 0.446 e. The number of hydrogen-bond acceptors (Lipinski definition) is 5. The largest absolute Gasteiger partial charge is 0.452 e. The van der Waals surface area contributed by atoms with Gasteiger partial charge in [0.15, 0.2) is 6.61 Å². The second kappa shape index (κ2) is 10.3. The minimum Gasteiger partial charge on any atom is -0.452 e. The van der Waals surface area contributed by atoms with Crippen molar-refractivity contribution < 1.29 is 32.3 Å². The molecule has 0 heterocycles. The van der Waals surface area contributed by atoms with E-state index >= 15 is 0 Å². The summed E-state index contributed by atoms with van der Waals surface area (Å²) in [6, 6.07) is 10.2. The zero-order valence-electron chi connectivity index (χ0n) is 17.1. The van der Waals surface area contributed by atoms with Crippen molar-refractivity contribution in [1.82, 2.24) is 4.90 Å². The van der Waals surface area contributed by atoms with Crippen LogP contribution in [0.3, 0.4) is 0 Å². The van der Waals surface area contributed by atoms with Crippen LogP contribution in [0, 0.1) is 13.8 Å². The van der Waals surface area contributed by atoms with E-state index in [2.05, 4.69) is 5.32 Å². The maximum absolute atomic E-state index is 12.3. The van der Waals surface area contributed by atoms with Gasteiger partial charge in [-0.3, -0.25) is 9.59 Å². The Morgan fingerprint density at radius 1 is 1.03 bits per heavy atom. The fraction of sp³-hybridized carbons (Fsp3) is 0.286. The van der Waals surface area contributed by atoms with Crippen LogP contribution in [-0.2, 0) is 14.3 Å². The lowest BCUT2D eigenvalue weighted by atomic mass is 10.1. The van der Waals surface area contributed by atoms with Crippen LogP contribution in [-0.4, -0.2) is 48.4 Å². The number of benzene rings is 2. The summed E-state index contributed by atoms with van der Waals surface area (Å²) < 4.78 is 41.9. The summed E-state index contributed by atoms with van der Waals surface area (Å²) in [6.45, 7) is 2.86. The van der Waals surface area contributed by atoms with Gasteiger partial charge in [0.1, 0.15) is 0 Å². The molecule has 0 bridgehead atoms. The number of carbonyl (C=O) groups excluding carboxylic acids is 3. The number of ether oxygens (including phenoxy) is 1. The third kappa shape index (κ3) is 7.63. The highest BCUT2D eigenvalue weighted by molar-refractivity contribution is 8.00. The van der Waals surface area contributed by atoms with Gasteiger partial charge in [0.05, 0.1) is 12.1 Å². The molecule has 2 aromatic carbocycles. The summed E-state index contributed by atoms with van der Waals surface area (Å²) in [7, 11) is 1.39. The fourth-order valence-corrected chi connectivity index (χ4v) is 3.15. The van der Waals surface area contributed by atoms with Gasteiger partial charge in [0.25, 0.3) is 5.91 Å². The summed E-state index contributed by atoms with van der Waals surface area (Å²) in [6.07, 6.45) is 0. The number of rotatable bonds is 7. The summed E-state index contributed by atoms with van der Waals surface area (Å²) in [5.74, 6) is -1.86. The Morgan fingerprint density at radius 3 is 2.16 bits per heavy atom. The zero-order chi connectivity index (χ0) is 23.2. The number of esters is 1. The maximum atomic E-state index is 12.3. The van der Waals surface area contributed by atoms with Gasteiger partial charge in [0.2, 0.25) is 5.91 Å². The molecule has 0 aliphatic heterocycles. The summed E-state index contributed by atoms with van der Waals surface area (Å²) >= 11 is -0.300. The Morgan fingerprint density at radius 2 is 1.61 bits per heavy atom. The minimum atomic E-state index is -4.43. The molecule has 0 radical (unpaired) electrons. The first-order valence-corrected chi connectivity index (χ1v) is 9.91. The molecule has 0 atom stereocenters. The van der Waals surface area contributed by atoms with Gasteiger partial charge in [-0.25, -0.2) is 4.79 Å². The topological polar surface area (TPSA) is 75.7 Å². The lowest BCUT2D eigenvalue weighted by Gasteiger charge is -2.18. The lowest BCUT2D eigenvalue weighted by Crippen LogP contribution is -2.37. The van der Waals surface area contributed by atoms with E-state index in [9.17, 15) is 27.6 Å². The molecule has 0 saturated heterocycles. The molecule has 10 heteroatoms. The van der Waals surface area contributed by atoms with Gasteiger partial charge in [-0.15, -0.1) is 0 Å². The van der Waals surface area contributed by atoms with Crippen molar-refractivity contribution in [2.24, 2.45) is 0 Å². The van der Waals surface area contributed by atoms with Crippen LogP contribution < -0.4 is 5.32 Å². The number of halogens is 3. The standard InChI is InChI=1S/C21H21F3N2O4S/c1-13-5-4-6-14(2)19(13)25-17(27)11-26(3)18(28)12-30-20(29)15-7-9-16(10-8-15)31-21(22,23)24/h4-10H,11-12H2,1-3H3,(H,25,27). The number of para-hydroxylation sites is 1. The zero-order valence-corrected chi connectivity index (χ0v) is 17.9. The number of likely N-dealkylation sites (N-methyl/N-ethyl adjacent to an activating group) is 1. The highest BCUT2D eigenvalue weighted by atomic mass is 32.2. The second-order valence-corrected chi connectivity index (χ2v) is 7.85. The predicted molar refractivity (Wildman–Crippen MR) is 111 cm³/mol. The normalized spacial score (nSPS) is 11.0. The van der Waals surface area contributed by atoms with E-state index in [1.807, 2.05) is 32.0 Å². The quantitative estimate of drug-likeness (QED) is 0.502. The van der Waals surface area contributed by atoms with E-state index < -0.39 is 29.9 Å². The molecule has 1 N–H and O–H groups in total. The number of nitrogens with zero attached hydrogens (tertiary/aromatic N) is 1. The SMILES string of the molecule is Cc1cccc(C)c1NC(=O)CN(C)C(=O)COC(=O)c1ccc(SC(F)(F)F)cc1. The van der Waals surface area contributed by atoms with Gasteiger partial charge >= 0.3 is 11.5 Å². The van der Waals surface area contributed by atoms with E-state index in [4.69, 9.17) is 4.74 Å². The van der Waals surface area contributed by atoms with Crippen LogP contribution in [0.2, 0.25) is 0 Å². The van der Waals surface area contributed by atoms with E-state index in [-0.39, 0.29) is 28.8 Å². The number of carbonyl (C=O) groups is 3. The molecule has 0 fully saturated rings. The van der Waals surface area contributed by atoms with Crippen LogP contribution in [0.25, 0.3) is 0 Å². The molecular weight excluding hydrogens is 433 g/mol. The van der Waals surface area contributed by atoms with E-state index in [1.165, 1.54) is 19.2 Å². The number of nitrogens with one attached hydrogen (secondary N) is 1. The van der Waals surface area contributed by atoms with Crippen molar-refractivity contribution in [3.8, 4) is 0 Å². The highest BCUT2D eigenvalue weighted by Gasteiger charge is 2.29. The average molecular weight is 454 g/mol. The first-order chi connectivity index (χ1) is 14.5. The molecule has 2 amide bonds. The van der Waals surface area contributed by atoms with Gasteiger partial charge in [-0.1, -0.05) is 18.2 Å². The predicted octanol–water partition coefficient (Wildman–Crippen LogP) is 4.17. The Bertz CT molecular complexity index is 942. The van der Waals surface area contributed by atoms with Crippen molar-refractivity contribution in [2.75, 3.05) is 25.5 Å². The van der Waals surface area contributed by atoms with E-state index in [0.717, 1.165) is 28.2 Å². The van der Waals surface area contributed by atoms with E-state index in [1.54, 1.807) is 0 Å². The van der Waals surface area contributed by atoms with E-state index in [0.29, 0.717) is 5.69 Å². The molecule has 0 aromatic heterocycles. The van der Waals surface area contributed by atoms with Crippen LogP contribution in [0.4, 0.5) is 18.9 Å². The van der Waals surface area contributed by atoms with Crippen LogP contribution in [0.1, 0.15) is 21.5 Å². The molecule has 166 valence electrons.